The van der Waals surface area contributed by atoms with E-state index in [0.29, 0.717) is 6.10 Å². The number of benzene rings is 1. The second-order valence-corrected chi connectivity index (χ2v) is 6.17. The van der Waals surface area contributed by atoms with Gasteiger partial charge in [0.25, 0.3) is 5.91 Å². The molecule has 1 aromatic rings. The third kappa shape index (κ3) is 3.97. The molecule has 0 aliphatic heterocycles. The summed E-state index contributed by atoms with van der Waals surface area (Å²) < 4.78 is 11.2. The van der Waals surface area contributed by atoms with Crippen molar-refractivity contribution in [3.63, 3.8) is 0 Å². The number of hydrogen-bond acceptors (Lipinski definition) is 3. The van der Waals surface area contributed by atoms with Crippen LogP contribution in [0.1, 0.15) is 45.1 Å². The quantitative estimate of drug-likeness (QED) is 0.900. The molecule has 1 fully saturated rings. The topological polar surface area (TPSA) is 47.6 Å². The van der Waals surface area contributed by atoms with E-state index in [4.69, 9.17) is 9.47 Å². The highest BCUT2D eigenvalue weighted by Crippen LogP contribution is 2.28. The van der Waals surface area contributed by atoms with Crippen LogP contribution >= 0.6 is 0 Å². The molecule has 0 aromatic heterocycles. The zero-order chi connectivity index (χ0) is 15.5. The first-order valence-electron chi connectivity index (χ1n) is 7.56. The van der Waals surface area contributed by atoms with Gasteiger partial charge in [0.1, 0.15) is 11.4 Å². The number of anilines is 1. The third-order valence-electron chi connectivity index (χ3n) is 4.09. The molecule has 1 saturated carbocycles. The average Bonchev–Trinajstić information content (AvgIpc) is 2.94. The molecule has 1 aliphatic rings. The second-order valence-electron chi connectivity index (χ2n) is 6.17. The van der Waals surface area contributed by atoms with Crippen molar-refractivity contribution in [1.82, 2.24) is 0 Å². The van der Waals surface area contributed by atoms with Gasteiger partial charge >= 0.3 is 0 Å². The standard InChI is InChI=1S/C17H25NO3/c1-12-11-13(18-16(19)17(2,3)20-4)9-10-15(12)21-14-7-5-6-8-14/h9-11,14H,5-8H2,1-4H3,(H,18,19). The first-order valence-corrected chi connectivity index (χ1v) is 7.56. The minimum absolute atomic E-state index is 0.158. The Morgan fingerprint density at radius 2 is 1.95 bits per heavy atom. The molecule has 21 heavy (non-hydrogen) atoms. The Morgan fingerprint density at radius 1 is 1.29 bits per heavy atom. The van der Waals surface area contributed by atoms with Crippen LogP contribution < -0.4 is 10.1 Å². The third-order valence-corrected chi connectivity index (χ3v) is 4.09. The van der Waals surface area contributed by atoms with Crippen LogP contribution in [0.25, 0.3) is 0 Å². The van der Waals surface area contributed by atoms with E-state index in [0.717, 1.165) is 29.8 Å². The Labute approximate surface area is 126 Å². The fourth-order valence-corrected chi connectivity index (χ4v) is 2.42. The Balaban J connectivity index is 2.03. The summed E-state index contributed by atoms with van der Waals surface area (Å²) in [5.41, 5.74) is 0.962. The van der Waals surface area contributed by atoms with Gasteiger partial charge in [0.2, 0.25) is 0 Å². The van der Waals surface area contributed by atoms with Gasteiger partial charge in [-0.1, -0.05) is 0 Å². The van der Waals surface area contributed by atoms with Crippen molar-refractivity contribution in [2.75, 3.05) is 12.4 Å². The zero-order valence-electron chi connectivity index (χ0n) is 13.4. The number of rotatable bonds is 5. The van der Waals surface area contributed by atoms with Crippen LogP contribution in [0.5, 0.6) is 5.75 Å². The molecule has 4 nitrogen and oxygen atoms in total. The molecule has 0 radical (unpaired) electrons. The SMILES string of the molecule is COC(C)(C)C(=O)Nc1ccc(OC2CCCC2)c(C)c1. The molecule has 0 saturated heterocycles. The largest absolute Gasteiger partial charge is 0.490 e. The lowest BCUT2D eigenvalue weighted by Gasteiger charge is -2.22. The van der Waals surface area contributed by atoms with Gasteiger partial charge in [-0.15, -0.1) is 0 Å². The fraction of sp³-hybridized carbons (Fsp3) is 0.588. The molecule has 0 unspecified atom stereocenters. The summed E-state index contributed by atoms with van der Waals surface area (Å²) in [6.07, 6.45) is 5.13. The highest BCUT2D eigenvalue weighted by Gasteiger charge is 2.27. The van der Waals surface area contributed by atoms with Crippen LogP contribution in [0.2, 0.25) is 0 Å². The molecule has 116 valence electrons. The number of hydrogen-bond donors (Lipinski definition) is 1. The van der Waals surface area contributed by atoms with Gasteiger partial charge in [0.05, 0.1) is 6.10 Å². The fourth-order valence-electron chi connectivity index (χ4n) is 2.42. The molecular weight excluding hydrogens is 266 g/mol. The van der Waals surface area contributed by atoms with Crippen molar-refractivity contribution in [2.45, 2.75) is 58.2 Å². The monoisotopic (exact) mass is 291 g/mol. The van der Waals surface area contributed by atoms with Gasteiger partial charge in [0, 0.05) is 12.8 Å². The second kappa shape index (κ2) is 6.48. The van der Waals surface area contributed by atoms with Crippen LogP contribution in [0.3, 0.4) is 0 Å². The number of amides is 1. The predicted octanol–water partition coefficient (Wildman–Crippen LogP) is 3.68. The molecule has 1 aromatic carbocycles. The number of methoxy groups -OCH3 is 1. The summed E-state index contributed by atoms with van der Waals surface area (Å²) in [5, 5.41) is 2.88. The first-order chi connectivity index (χ1) is 9.92. The average molecular weight is 291 g/mol. The summed E-state index contributed by atoms with van der Waals surface area (Å²) in [7, 11) is 1.53. The molecule has 1 N–H and O–H groups in total. The van der Waals surface area contributed by atoms with Crippen molar-refractivity contribution >= 4 is 11.6 Å². The molecule has 0 atom stereocenters. The molecule has 0 heterocycles. The van der Waals surface area contributed by atoms with E-state index in [-0.39, 0.29) is 5.91 Å². The van der Waals surface area contributed by atoms with Crippen LogP contribution in [-0.2, 0) is 9.53 Å². The molecule has 2 rings (SSSR count). The van der Waals surface area contributed by atoms with E-state index < -0.39 is 5.60 Å². The van der Waals surface area contributed by atoms with Crippen LogP contribution in [0.15, 0.2) is 18.2 Å². The van der Waals surface area contributed by atoms with Gasteiger partial charge in [-0.2, -0.15) is 0 Å². The minimum Gasteiger partial charge on any atom is -0.490 e. The van der Waals surface area contributed by atoms with Crippen molar-refractivity contribution in [3.8, 4) is 5.75 Å². The molecular formula is C17H25NO3. The van der Waals surface area contributed by atoms with E-state index in [1.807, 2.05) is 25.1 Å². The molecule has 0 spiro atoms. The van der Waals surface area contributed by atoms with Crippen LogP contribution in [0.4, 0.5) is 5.69 Å². The molecule has 0 bridgehead atoms. The maximum Gasteiger partial charge on any atom is 0.256 e. The first kappa shape index (κ1) is 15.8. The summed E-state index contributed by atoms with van der Waals surface area (Å²) in [5.74, 6) is 0.750. The number of ether oxygens (including phenoxy) is 2. The summed E-state index contributed by atoms with van der Waals surface area (Å²) in [6, 6.07) is 5.75. The van der Waals surface area contributed by atoms with E-state index >= 15 is 0 Å². The number of nitrogens with one attached hydrogen (secondary N) is 1. The summed E-state index contributed by atoms with van der Waals surface area (Å²) >= 11 is 0. The minimum atomic E-state index is -0.840. The lowest BCUT2D eigenvalue weighted by Crippen LogP contribution is -2.38. The lowest BCUT2D eigenvalue weighted by atomic mass is 10.1. The Hall–Kier alpha value is -1.55. The maximum atomic E-state index is 12.1. The van der Waals surface area contributed by atoms with E-state index in [2.05, 4.69) is 5.32 Å². The van der Waals surface area contributed by atoms with Crippen molar-refractivity contribution in [1.29, 1.82) is 0 Å². The molecule has 1 aliphatic carbocycles. The summed E-state index contributed by atoms with van der Waals surface area (Å²) in [6.45, 7) is 5.49. The maximum absolute atomic E-state index is 12.1. The Kier molecular flexibility index (Phi) is 4.88. The van der Waals surface area contributed by atoms with Crippen LogP contribution in [-0.4, -0.2) is 24.7 Å². The van der Waals surface area contributed by atoms with Gasteiger partial charge < -0.3 is 14.8 Å². The highest BCUT2D eigenvalue weighted by atomic mass is 16.5. The number of carbonyl (C=O) groups is 1. The number of carbonyl (C=O) groups excluding carboxylic acids is 1. The van der Waals surface area contributed by atoms with Gasteiger partial charge in [-0.05, 0) is 70.2 Å². The predicted molar refractivity (Wildman–Crippen MR) is 83.8 cm³/mol. The van der Waals surface area contributed by atoms with E-state index in [9.17, 15) is 4.79 Å². The molecule has 4 heteroatoms. The van der Waals surface area contributed by atoms with Gasteiger partial charge in [-0.25, -0.2) is 0 Å². The van der Waals surface area contributed by atoms with Crippen molar-refractivity contribution < 1.29 is 14.3 Å². The molecule has 1 amide bonds. The summed E-state index contributed by atoms with van der Waals surface area (Å²) in [4.78, 5) is 12.1. The van der Waals surface area contributed by atoms with Crippen molar-refractivity contribution in [3.05, 3.63) is 23.8 Å². The Morgan fingerprint density at radius 3 is 2.52 bits per heavy atom. The van der Waals surface area contributed by atoms with Crippen LogP contribution in [0, 0.1) is 6.92 Å². The van der Waals surface area contributed by atoms with E-state index in [1.54, 1.807) is 13.8 Å². The zero-order valence-corrected chi connectivity index (χ0v) is 13.4. The highest BCUT2D eigenvalue weighted by molar-refractivity contribution is 5.96. The van der Waals surface area contributed by atoms with Gasteiger partial charge in [0.15, 0.2) is 0 Å². The normalized spacial score (nSPS) is 16.0. The van der Waals surface area contributed by atoms with Crippen molar-refractivity contribution in [2.24, 2.45) is 0 Å². The van der Waals surface area contributed by atoms with E-state index in [1.165, 1.54) is 20.0 Å². The number of aryl methyl sites for hydroxylation is 1. The lowest BCUT2D eigenvalue weighted by molar-refractivity contribution is -0.133. The Bertz CT molecular complexity index is 505. The smallest absolute Gasteiger partial charge is 0.256 e. The van der Waals surface area contributed by atoms with Gasteiger partial charge in [-0.3, -0.25) is 4.79 Å².